The van der Waals surface area contributed by atoms with Crippen molar-refractivity contribution < 1.29 is 19.4 Å². The lowest BCUT2D eigenvalue weighted by molar-refractivity contribution is -0.146. The Morgan fingerprint density at radius 1 is 1.35 bits per heavy atom. The number of benzene rings is 1. The lowest BCUT2D eigenvalue weighted by atomic mass is 9.85. The zero-order chi connectivity index (χ0) is 14.6. The Morgan fingerprint density at radius 3 is 2.65 bits per heavy atom. The number of aliphatic carboxylic acids is 1. The van der Waals surface area contributed by atoms with Gasteiger partial charge in [0.2, 0.25) is 0 Å². The maximum absolute atomic E-state index is 11.3. The fraction of sp³-hybridized carbons (Fsp3) is 0.562. The Balaban J connectivity index is 2.11. The first kappa shape index (κ1) is 14.9. The van der Waals surface area contributed by atoms with E-state index >= 15 is 0 Å². The van der Waals surface area contributed by atoms with E-state index < -0.39 is 11.4 Å². The molecule has 1 aliphatic heterocycles. The van der Waals surface area contributed by atoms with E-state index in [0.29, 0.717) is 6.42 Å². The molecule has 0 amide bonds. The molecule has 1 N–H and O–H groups in total. The van der Waals surface area contributed by atoms with Crippen LogP contribution in [-0.2, 0) is 16.0 Å². The lowest BCUT2D eigenvalue weighted by Gasteiger charge is -2.26. The van der Waals surface area contributed by atoms with Gasteiger partial charge in [-0.1, -0.05) is 18.2 Å². The van der Waals surface area contributed by atoms with E-state index in [-0.39, 0.29) is 6.10 Å². The van der Waals surface area contributed by atoms with Gasteiger partial charge in [-0.05, 0) is 31.9 Å². The number of hydrogen-bond acceptors (Lipinski definition) is 3. The van der Waals surface area contributed by atoms with Gasteiger partial charge < -0.3 is 14.6 Å². The highest BCUT2D eigenvalue weighted by molar-refractivity contribution is 5.74. The van der Waals surface area contributed by atoms with Crippen molar-refractivity contribution in [2.45, 2.75) is 39.2 Å². The third kappa shape index (κ3) is 3.73. The number of rotatable bonds is 5. The van der Waals surface area contributed by atoms with Crippen LogP contribution in [0.4, 0.5) is 0 Å². The SMILES string of the molecule is CC(C)(Cc1ccccc1OC1CCOCC1)C(=O)O. The van der Waals surface area contributed by atoms with Crippen molar-refractivity contribution in [3.63, 3.8) is 0 Å². The standard InChI is InChI=1S/C16H22O4/c1-16(2,15(17)18)11-12-5-3-4-6-14(12)20-13-7-9-19-10-8-13/h3-6,13H,7-11H2,1-2H3,(H,17,18). The summed E-state index contributed by atoms with van der Waals surface area (Å²) in [5.41, 5.74) is 0.154. The lowest BCUT2D eigenvalue weighted by Crippen LogP contribution is -2.28. The predicted molar refractivity (Wildman–Crippen MR) is 76.0 cm³/mol. The highest BCUT2D eigenvalue weighted by atomic mass is 16.5. The Morgan fingerprint density at radius 2 is 2.00 bits per heavy atom. The summed E-state index contributed by atoms with van der Waals surface area (Å²) < 4.78 is 11.4. The van der Waals surface area contributed by atoms with Crippen molar-refractivity contribution in [2.24, 2.45) is 5.41 Å². The van der Waals surface area contributed by atoms with Crippen LogP contribution in [0.1, 0.15) is 32.3 Å². The zero-order valence-electron chi connectivity index (χ0n) is 12.1. The molecule has 0 radical (unpaired) electrons. The van der Waals surface area contributed by atoms with Crippen LogP contribution in [0, 0.1) is 5.41 Å². The predicted octanol–water partition coefficient (Wildman–Crippen LogP) is 2.90. The molecule has 1 fully saturated rings. The largest absolute Gasteiger partial charge is 0.490 e. The van der Waals surface area contributed by atoms with Crippen molar-refractivity contribution in [3.05, 3.63) is 29.8 Å². The van der Waals surface area contributed by atoms with Crippen LogP contribution >= 0.6 is 0 Å². The number of carbonyl (C=O) groups is 1. The summed E-state index contributed by atoms with van der Waals surface area (Å²) in [4.78, 5) is 11.3. The average Bonchev–Trinajstić information content (AvgIpc) is 2.42. The summed E-state index contributed by atoms with van der Waals surface area (Å²) in [7, 11) is 0. The third-order valence-electron chi connectivity index (χ3n) is 3.65. The molecule has 0 spiro atoms. The van der Waals surface area contributed by atoms with Gasteiger partial charge in [-0.2, -0.15) is 0 Å². The normalized spacial score (nSPS) is 16.9. The first-order chi connectivity index (χ1) is 9.49. The minimum absolute atomic E-state index is 0.165. The number of carboxylic acid groups (broad SMARTS) is 1. The van der Waals surface area contributed by atoms with Gasteiger partial charge in [0.25, 0.3) is 0 Å². The molecule has 2 rings (SSSR count). The van der Waals surface area contributed by atoms with Crippen molar-refractivity contribution in [1.82, 2.24) is 0 Å². The van der Waals surface area contributed by atoms with Gasteiger partial charge in [0.05, 0.1) is 18.6 Å². The Bertz CT molecular complexity index is 461. The van der Waals surface area contributed by atoms with Gasteiger partial charge in [0, 0.05) is 12.8 Å². The van der Waals surface area contributed by atoms with Gasteiger partial charge in [0.1, 0.15) is 11.9 Å². The molecule has 0 atom stereocenters. The van der Waals surface area contributed by atoms with E-state index in [0.717, 1.165) is 37.4 Å². The molecule has 1 aromatic carbocycles. The van der Waals surface area contributed by atoms with Crippen LogP contribution in [0.3, 0.4) is 0 Å². The van der Waals surface area contributed by atoms with Crippen molar-refractivity contribution in [1.29, 1.82) is 0 Å². The van der Waals surface area contributed by atoms with E-state index in [1.165, 1.54) is 0 Å². The molecule has 20 heavy (non-hydrogen) atoms. The average molecular weight is 278 g/mol. The second kappa shape index (κ2) is 6.27. The molecule has 0 aliphatic carbocycles. The molecule has 0 bridgehead atoms. The molecule has 4 nitrogen and oxygen atoms in total. The quantitative estimate of drug-likeness (QED) is 0.899. The molecule has 1 heterocycles. The molecule has 1 aromatic rings. The van der Waals surface area contributed by atoms with E-state index in [9.17, 15) is 9.90 Å². The van der Waals surface area contributed by atoms with Gasteiger partial charge >= 0.3 is 5.97 Å². The highest BCUT2D eigenvalue weighted by Gasteiger charge is 2.29. The van der Waals surface area contributed by atoms with Crippen LogP contribution < -0.4 is 4.74 Å². The van der Waals surface area contributed by atoms with Gasteiger partial charge in [-0.15, -0.1) is 0 Å². The number of para-hydroxylation sites is 1. The van der Waals surface area contributed by atoms with Crippen molar-refractivity contribution in [3.8, 4) is 5.75 Å². The fourth-order valence-corrected chi connectivity index (χ4v) is 2.29. The summed E-state index contributed by atoms with van der Waals surface area (Å²) in [5.74, 6) is 0.00657. The highest BCUT2D eigenvalue weighted by Crippen LogP contribution is 2.29. The zero-order valence-corrected chi connectivity index (χ0v) is 12.1. The first-order valence-corrected chi connectivity index (χ1v) is 7.05. The molecule has 1 saturated heterocycles. The summed E-state index contributed by atoms with van der Waals surface area (Å²) >= 11 is 0. The van der Waals surface area contributed by atoms with Gasteiger partial charge in [0.15, 0.2) is 0 Å². The molecule has 110 valence electrons. The minimum Gasteiger partial charge on any atom is -0.490 e. The second-order valence-corrected chi connectivity index (χ2v) is 5.90. The minimum atomic E-state index is -0.796. The maximum Gasteiger partial charge on any atom is 0.309 e. The van der Waals surface area contributed by atoms with Crippen molar-refractivity contribution >= 4 is 5.97 Å². The maximum atomic E-state index is 11.3. The van der Waals surface area contributed by atoms with Crippen LogP contribution in [0.15, 0.2) is 24.3 Å². The Labute approximate surface area is 119 Å². The van der Waals surface area contributed by atoms with Gasteiger partial charge in [-0.25, -0.2) is 0 Å². The molecular formula is C16H22O4. The third-order valence-corrected chi connectivity index (χ3v) is 3.65. The number of hydrogen-bond donors (Lipinski definition) is 1. The summed E-state index contributed by atoms with van der Waals surface area (Å²) in [6.45, 7) is 4.93. The molecular weight excluding hydrogens is 256 g/mol. The van der Waals surface area contributed by atoms with Crippen molar-refractivity contribution in [2.75, 3.05) is 13.2 Å². The monoisotopic (exact) mass is 278 g/mol. The molecule has 1 aliphatic rings. The van der Waals surface area contributed by atoms with Crippen LogP contribution in [-0.4, -0.2) is 30.4 Å². The van der Waals surface area contributed by atoms with Gasteiger partial charge in [-0.3, -0.25) is 4.79 Å². The molecule has 0 saturated carbocycles. The molecule has 0 aromatic heterocycles. The molecule has 4 heteroatoms. The second-order valence-electron chi connectivity index (χ2n) is 5.90. The Kier molecular flexibility index (Phi) is 4.65. The van der Waals surface area contributed by atoms with Crippen LogP contribution in [0.5, 0.6) is 5.75 Å². The van der Waals surface area contributed by atoms with E-state index in [2.05, 4.69) is 0 Å². The van der Waals surface area contributed by atoms with E-state index in [1.54, 1.807) is 13.8 Å². The summed E-state index contributed by atoms with van der Waals surface area (Å²) in [5, 5.41) is 9.26. The fourth-order valence-electron chi connectivity index (χ4n) is 2.29. The van der Waals surface area contributed by atoms with Crippen LogP contribution in [0.25, 0.3) is 0 Å². The molecule has 0 unspecified atom stereocenters. The van der Waals surface area contributed by atoms with E-state index in [1.807, 2.05) is 24.3 Å². The first-order valence-electron chi connectivity index (χ1n) is 7.05. The topological polar surface area (TPSA) is 55.8 Å². The van der Waals surface area contributed by atoms with Crippen LogP contribution in [0.2, 0.25) is 0 Å². The summed E-state index contributed by atoms with van der Waals surface area (Å²) in [6, 6.07) is 7.71. The van der Waals surface area contributed by atoms with E-state index in [4.69, 9.17) is 9.47 Å². The smallest absolute Gasteiger partial charge is 0.309 e. The summed E-state index contributed by atoms with van der Waals surface area (Å²) in [6.07, 6.45) is 2.40. The number of carboxylic acids is 1. The number of ether oxygens (including phenoxy) is 2. The Hall–Kier alpha value is -1.55.